The molecule has 1 aromatic carbocycles. The van der Waals surface area contributed by atoms with E-state index in [1.807, 2.05) is 13.1 Å². The summed E-state index contributed by atoms with van der Waals surface area (Å²) in [6, 6.07) is 7.56. The Hall–Kier alpha value is -1.73. The largest absolute Gasteiger partial charge is 0.397 e. The van der Waals surface area contributed by atoms with E-state index in [-0.39, 0.29) is 0 Å². The minimum Gasteiger partial charge on any atom is -0.397 e. The molecule has 1 fully saturated rings. The van der Waals surface area contributed by atoms with E-state index in [4.69, 9.17) is 15.7 Å². The number of nitrogen functional groups attached to an aromatic ring is 1. The molecule has 1 aliphatic heterocycles. The summed E-state index contributed by atoms with van der Waals surface area (Å²) in [6.07, 6.45) is 2.20. The Kier molecular flexibility index (Phi) is 4.06. The van der Waals surface area contributed by atoms with E-state index in [1.165, 1.54) is 0 Å². The minimum atomic E-state index is 0.647. The summed E-state index contributed by atoms with van der Waals surface area (Å²) in [5, 5.41) is 8.93. The van der Waals surface area contributed by atoms with Crippen LogP contribution in [0.1, 0.15) is 18.4 Å². The van der Waals surface area contributed by atoms with Crippen molar-refractivity contribution in [3.8, 4) is 6.07 Å². The third-order valence-corrected chi connectivity index (χ3v) is 3.44. The van der Waals surface area contributed by atoms with Crippen molar-refractivity contribution < 1.29 is 4.74 Å². The first-order chi connectivity index (χ1) is 8.70. The fourth-order valence-electron chi connectivity index (χ4n) is 2.36. The molecular formula is C14H19N3O. The van der Waals surface area contributed by atoms with Crippen LogP contribution in [0.2, 0.25) is 0 Å². The monoisotopic (exact) mass is 245 g/mol. The fourth-order valence-corrected chi connectivity index (χ4v) is 2.36. The molecule has 4 nitrogen and oxygen atoms in total. The van der Waals surface area contributed by atoms with E-state index >= 15 is 0 Å². The van der Waals surface area contributed by atoms with Crippen LogP contribution in [-0.4, -0.2) is 26.8 Å². The van der Waals surface area contributed by atoms with Crippen LogP contribution in [0.25, 0.3) is 0 Å². The summed E-state index contributed by atoms with van der Waals surface area (Å²) in [5.74, 6) is 0.647. The lowest BCUT2D eigenvalue weighted by Gasteiger charge is -2.29. The Morgan fingerprint density at radius 1 is 1.44 bits per heavy atom. The van der Waals surface area contributed by atoms with Crippen molar-refractivity contribution in [3.05, 3.63) is 23.8 Å². The minimum absolute atomic E-state index is 0.647. The molecule has 1 aliphatic rings. The van der Waals surface area contributed by atoms with Crippen LogP contribution in [-0.2, 0) is 4.74 Å². The number of hydrogen-bond donors (Lipinski definition) is 1. The number of nitriles is 1. The lowest BCUT2D eigenvalue weighted by molar-refractivity contribution is 0.0685. The molecule has 1 aromatic rings. The van der Waals surface area contributed by atoms with Crippen LogP contribution in [0.3, 0.4) is 0 Å². The third kappa shape index (κ3) is 2.93. The van der Waals surface area contributed by atoms with Gasteiger partial charge in [-0.25, -0.2) is 0 Å². The highest BCUT2D eigenvalue weighted by atomic mass is 16.5. The molecule has 0 atom stereocenters. The van der Waals surface area contributed by atoms with Gasteiger partial charge in [0.25, 0.3) is 0 Å². The highest BCUT2D eigenvalue weighted by Crippen LogP contribution is 2.26. The van der Waals surface area contributed by atoms with Gasteiger partial charge in [-0.2, -0.15) is 5.26 Å². The molecule has 4 heteroatoms. The van der Waals surface area contributed by atoms with E-state index < -0.39 is 0 Å². The normalized spacial score (nSPS) is 16.2. The van der Waals surface area contributed by atoms with Crippen LogP contribution in [0.5, 0.6) is 0 Å². The predicted molar refractivity (Wildman–Crippen MR) is 72.4 cm³/mol. The van der Waals surface area contributed by atoms with Crippen LogP contribution in [0.4, 0.5) is 11.4 Å². The smallest absolute Gasteiger partial charge is 0.0992 e. The maximum Gasteiger partial charge on any atom is 0.0992 e. The van der Waals surface area contributed by atoms with Gasteiger partial charge in [-0.1, -0.05) is 0 Å². The fraction of sp³-hybridized carbons (Fsp3) is 0.500. The molecule has 0 aromatic heterocycles. The summed E-state index contributed by atoms with van der Waals surface area (Å²) in [7, 11) is 2.03. The molecule has 2 rings (SSSR count). The van der Waals surface area contributed by atoms with Gasteiger partial charge in [0.05, 0.1) is 23.0 Å². The lowest BCUT2D eigenvalue weighted by Crippen LogP contribution is -2.30. The van der Waals surface area contributed by atoms with Crippen LogP contribution >= 0.6 is 0 Å². The maximum atomic E-state index is 8.93. The second-order valence-electron chi connectivity index (χ2n) is 4.82. The van der Waals surface area contributed by atoms with E-state index in [0.29, 0.717) is 11.5 Å². The molecule has 0 amide bonds. The summed E-state index contributed by atoms with van der Waals surface area (Å²) < 4.78 is 5.36. The number of benzene rings is 1. The number of anilines is 2. The van der Waals surface area contributed by atoms with Gasteiger partial charge in [0.15, 0.2) is 0 Å². The molecule has 0 radical (unpaired) electrons. The standard InChI is InChI=1S/C14H19N3O/c1-17(10-11-4-6-18-7-5-11)14-8-12(9-15)2-3-13(14)16/h2-3,8,11H,4-7,10,16H2,1H3. The Morgan fingerprint density at radius 2 is 2.17 bits per heavy atom. The summed E-state index contributed by atoms with van der Waals surface area (Å²) in [6.45, 7) is 2.67. The van der Waals surface area contributed by atoms with Crippen molar-refractivity contribution in [3.63, 3.8) is 0 Å². The predicted octanol–water partition coefficient (Wildman–Crippen LogP) is 2.00. The third-order valence-electron chi connectivity index (χ3n) is 3.44. The van der Waals surface area contributed by atoms with Gasteiger partial charge in [-0.05, 0) is 37.0 Å². The Morgan fingerprint density at radius 3 is 2.83 bits per heavy atom. The van der Waals surface area contributed by atoms with Gasteiger partial charge in [0.1, 0.15) is 0 Å². The van der Waals surface area contributed by atoms with Crippen LogP contribution in [0, 0.1) is 17.2 Å². The number of hydrogen-bond acceptors (Lipinski definition) is 4. The van der Waals surface area contributed by atoms with E-state index in [0.717, 1.165) is 44.0 Å². The first-order valence-corrected chi connectivity index (χ1v) is 6.29. The second kappa shape index (κ2) is 5.74. The molecule has 18 heavy (non-hydrogen) atoms. The van der Waals surface area contributed by atoms with Crippen molar-refractivity contribution in [1.29, 1.82) is 5.26 Å². The lowest BCUT2D eigenvalue weighted by atomic mass is 9.99. The average molecular weight is 245 g/mol. The molecule has 0 saturated carbocycles. The molecule has 1 saturated heterocycles. The Bertz CT molecular complexity index is 447. The Labute approximate surface area is 108 Å². The number of nitrogens with two attached hydrogens (primary N) is 1. The Balaban J connectivity index is 2.07. The van der Waals surface area contributed by atoms with Crippen molar-refractivity contribution >= 4 is 11.4 Å². The average Bonchev–Trinajstić information content (AvgIpc) is 2.40. The van der Waals surface area contributed by atoms with E-state index in [1.54, 1.807) is 12.1 Å². The van der Waals surface area contributed by atoms with Gasteiger partial charge in [-0.3, -0.25) is 0 Å². The van der Waals surface area contributed by atoms with Gasteiger partial charge in [0.2, 0.25) is 0 Å². The van der Waals surface area contributed by atoms with E-state index in [9.17, 15) is 0 Å². The molecule has 0 bridgehead atoms. The number of rotatable bonds is 3. The van der Waals surface area contributed by atoms with Crippen molar-refractivity contribution in [2.45, 2.75) is 12.8 Å². The quantitative estimate of drug-likeness (QED) is 0.827. The van der Waals surface area contributed by atoms with Crippen molar-refractivity contribution in [1.82, 2.24) is 0 Å². The molecule has 0 unspecified atom stereocenters. The second-order valence-corrected chi connectivity index (χ2v) is 4.82. The van der Waals surface area contributed by atoms with Gasteiger partial charge >= 0.3 is 0 Å². The van der Waals surface area contributed by atoms with E-state index in [2.05, 4.69) is 11.0 Å². The van der Waals surface area contributed by atoms with Crippen molar-refractivity contribution in [2.75, 3.05) is 37.4 Å². The molecule has 2 N–H and O–H groups in total. The molecular weight excluding hydrogens is 226 g/mol. The van der Waals surface area contributed by atoms with Crippen LogP contribution < -0.4 is 10.6 Å². The zero-order valence-corrected chi connectivity index (χ0v) is 10.7. The van der Waals surface area contributed by atoms with Gasteiger partial charge < -0.3 is 15.4 Å². The molecule has 96 valence electrons. The topological polar surface area (TPSA) is 62.3 Å². The summed E-state index contributed by atoms with van der Waals surface area (Å²) >= 11 is 0. The molecule has 1 heterocycles. The van der Waals surface area contributed by atoms with Gasteiger partial charge in [-0.15, -0.1) is 0 Å². The molecule has 0 aliphatic carbocycles. The van der Waals surface area contributed by atoms with Crippen molar-refractivity contribution in [2.24, 2.45) is 5.92 Å². The number of ether oxygens (including phenoxy) is 1. The highest BCUT2D eigenvalue weighted by Gasteiger charge is 2.17. The van der Waals surface area contributed by atoms with Gasteiger partial charge in [0, 0.05) is 26.8 Å². The first-order valence-electron chi connectivity index (χ1n) is 6.29. The highest BCUT2D eigenvalue weighted by molar-refractivity contribution is 5.69. The van der Waals surface area contributed by atoms with Crippen LogP contribution in [0.15, 0.2) is 18.2 Å². The maximum absolute atomic E-state index is 8.93. The molecule has 0 spiro atoms. The zero-order valence-electron chi connectivity index (χ0n) is 10.7. The number of nitrogens with zero attached hydrogens (tertiary/aromatic N) is 2. The SMILES string of the molecule is CN(CC1CCOCC1)c1cc(C#N)ccc1N. The summed E-state index contributed by atoms with van der Waals surface area (Å²) in [5.41, 5.74) is 8.30. The first kappa shape index (κ1) is 12.7. The zero-order chi connectivity index (χ0) is 13.0. The summed E-state index contributed by atoms with van der Waals surface area (Å²) in [4.78, 5) is 2.14.